The number of fused-ring (bicyclic) bond motifs is 1. The number of imidazole rings is 1. The van der Waals surface area contributed by atoms with E-state index in [-0.39, 0.29) is 5.88 Å². The Morgan fingerprint density at radius 2 is 2.04 bits per heavy atom. The summed E-state index contributed by atoms with van der Waals surface area (Å²) in [7, 11) is 1.56. The Hall–Kier alpha value is -2.03. The first-order chi connectivity index (χ1) is 12.0. The van der Waals surface area contributed by atoms with Crippen LogP contribution < -0.4 is 11.2 Å². The van der Waals surface area contributed by atoms with Gasteiger partial charge in [0.05, 0.1) is 12.6 Å². The standard InChI is InChI=1S/C16H17ClN4O3S/c1-20-13-12(14(23)19-15(20)24)21(8-10-5-3-2-4-6-10)16(18-13)25-9-11(22)7-17/h2-6,11,22H,7-9H2,1H3,(H,19,23,24)/t11-/m1/s1. The lowest BCUT2D eigenvalue weighted by atomic mass is 10.2. The van der Waals surface area contributed by atoms with Crippen LogP contribution in [-0.4, -0.2) is 41.9 Å². The lowest BCUT2D eigenvalue weighted by Gasteiger charge is -2.10. The molecule has 0 saturated carbocycles. The van der Waals surface area contributed by atoms with Crippen LogP contribution in [0.5, 0.6) is 0 Å². The van der Waals surface area contributed by atoms with E-state index in [2.05, 4.69) is 9.97 Å². The van der Waals surface area contributed by atoms with Crippen molar-refractivity contribution in [2.75, 3.05) is 11.6 Å². The Labute approximate surface area is 152 Å². The molecular formula is C16H17ClN4O3S. The van der Waals surface area contributed by atoms with E-state index in [1.807, 2.05) is 30.3 Å². The van der Waals surface area contributed by atoms with Crippen molar-refractivity contribution in [2.45, 2.75) is 17.8 Å². The number of aliphatic hydroxyl groups excluding tert-OH is 1. The molecule has 0 saturated heterocycles. The highest BCUT2D eigenvalue weighted by molar-refractivity contribution is 7.99. The van der Waals surface area contributed by atoms with Gasteiger partial charge in [-0.2, -0.15) is 0 Å². The fourth-order valence-corrected chi connectivity index (χ4v) is 3.61. The van der Waals surface area contributed by atoms with Crippen molar-refractivity contribution in [1.82, 2.24) is 19.1 Å². The minimum Gasteiger partial charge on any atom is -0.391 e. The van der Waals surface area contributed by atoms with E-state index in [4.69, 9.17) is 11.6 Å². The van der Waals surface area contributed by atoms with Crippen molar-refractivity contribution >= 4 is 34.5 Å². The minimum absolute atomic E-state index is 0.116. The van der Waals surface area contributed by atoms with Crippen molar-refractivity contribution in [3.8, 4) is 0 Å². The van der Waals surface area contributed by atoms with Gasteiger partial charge in [0, 0.05) is 18.7 Å². The number of hydrogen-bond donors (Lipinski definition) is 2. The SMILES string of the molecule is Cn1c(=O)[nH]c(=O)c2c1nc(SC[C@H](O)CCl)n2Cc1ccccc1. The van der Waals surface area contributed by atoms with Crippen molar-refractivity contribution in [2.24, 2.45) is 7.05 Å². The topological polar surface area (TPSA) is 92.9 Å². The van der Waals surface area contributed by atoms with Gasteiger partial charge in [-0.25, -0.2) is 9.78 Å². The molecule has 0 aliphatic heterocycles. The molecule has 3 aromatic rings. The maximum atomic E-state index is 12.4. The maximum Gasteiger partial charge on any atom is 0.329 e. The van der Waals surface area contributed by atoms with E-state index < -0.39 is 17.4 Å². The zero-order valence-corrected chi connectivity index (χ0v) is 15.0. The second-order valence-corrected chi connectivity index (χ2v) is 6.87. The number of aryl methyl sites for hydroxylation is 1. The number of aromatic amines is 1. The van der Waals surface area contributed by atoms with Crippen LogP contribution in [0.3, 0.4) is 0 Å². The molecule has 0 radical (unpaired) electrons. The normalized spacial score (nSPS) is 12.6. The van der Waals surface area contributed by atoms with Crippen molar-refractivity contribution in [1.29, 1.82) is 0 Å². The molecule has 25 heavy (non-hydrogen) atoms. The molecule has 2 heterocycles. The van der Waals surface area contributed by atoms with Gasteiger partial charge in [0.2, 0.25) is 0 Å². The molecule has 0 aliphatic carbocycles. The number of benzene rings is 1. The molecule has 0 spiro atoms. The average molecular weight is 381 g/mol. The van der Waals surface area contributed by atoms with Crippen LogP contribution in [0.15, 0.2) is 45.1 Å². The summed E-state index contributed by atoms with van der Waals surface area (Å²) in [6.07, 6.45) is -0.682. The fourth-order valence-electron chi connectivity index (χ4n) is 2.45. The van der Waals surface area contributed by atoms with Gasteiger partial charge < -0.3 is 9.67 Å². The quantitative estimate of drug-likeness (QED) is 0.494. The summed E-state index contributed by atoms with van der Waals surface area (Å²) < 4.78 is 3.06. The number of nitrogens with one attached hydrogen (secondary N) is 1. The van der Waals surface area contributed by atoms with Gasteiger partial charge in [-0.1, -0.05) is 42.1 Å². The molecule has 2 aromatic heterocycles. The van der Waals surface area contributed by atoms with Crippen LogP contribution >= 0.6 is 23.4 Å². The lowest BCUT2D eigenvalue weighted by molar-refractivity contribution is 0.223. The van der Waals surface area contributed by atoms with Gasteiger partial charge in [0.15, 0.2) is 16.3 Å². The molecule has 0 unspecified atom stereocenters. The number of halogens is 1. The fraction of sp³-hybridized carbons (Fsp3) is 0.312. The van der Waals surface area contributed by atoms with Gasteiger partial charge >= 0.3 is 5.69 Å². The van der Waals surface area contributed by atoms with Gasteiger partial charge in [-0.15, -0.1) is 11.6 Å². The number of aliphatic hydroxyl groups is 1. The molecule has 0 aliphatic rings. The highest BCUT2D eigenvalue weighted by atomic mass is 35.5. The van der Waals surface area contributed by atoms with Crippen LogP contribution in [0.1, 0.15) is 5.56 Å². The van der Waals surface area contributed by atoms with Crippen LogP contribution in [0.4, 0.5) is 0 Å². The van der Waals surface area contributed by atoms with E-state index >= 15 is 0 Å². The number of aromatic nitrogens is 4. The van der Waals surface area contributed by atoms with Gasteiger partial charge in [0.25, 0.3) is 5.56 Å². The number of thioether (sulfide) groups is 1. The summed E-state index contributed by atoms with van der Waals surface area (Å²) in [5.41, 5.74) is 0.640. The first-order valence-corrected chi connectivity index (χ1v) is 9.13. The molecule has 0 amide bonds. The Morgan fingerprint density at radius 1 is 1.32 bits per heavy atom. The summed E-state index contributed by atoms with van der Waals surface area (Å²) in [6.45, 7) is 0.428. The summed E-state index contributed by atoms with van der Waals surface area (Å²) in [6, 6.07) is 9.64. The van der Waals surface area contributed by atoms with Crippen molar-refractivity contribution in [3.05, 3.63) is 56.7 Å². The summed E-state index contributed by atoms with van der Waals surface area (Å²) in [4.78, 5) is 31.0. The minimum atomic E-state index is -0.682. The second kappa shape index (κ2) is 7.47. The van der Waals surface area contributed by atoms with E-state index in [0.717, 1.165) is 5.56 Å². The molecule has 3 rings (SSSR count). The van der Waals surface area contributed by atoms with Gasteiger partial charge in [0.1, 0.15) is 0 Å². The third kappa shape index (κ3) is 3.65. The zero-order chi connectivity index (χ0) is 18.0. The molecule has 132 valence electrons. The highest BCUT2D eigenvalue weighted by Crippen LogP contribution is 2.23. The molecule has 9 heteroatoms. The molecule has 0 bridgehead atoms. The lowest BCUT2D eigenvalue weighted by Crippen LogP contribution is -2.29. The Morgan fingerprint density at radius 3 is 2.72 bits per heavy atom. The number of hydrogen-bond acceptors (Lipinski definition) is 5. The molecule has 7 nitrogen and oxygen atoms in total. The van der Waals surface area contributed by atoms with Crippen molar-refractivity contribution < 1.29 is 5.11 Å². The third-order valence-corrected chi connectivity index (χ3v) is 5.22. The molecule has 1 aromatic carbocycles. The first kappa shape index (κ1) is 17.8. The monoisotopic (exact) mass is 380 g/mol. The Balaban J connectivity index is 2.14. The first-order valence-electron chi connectivity index (χ1n) is 7.61. The molecule has 1 atom stereocenters. The second-order valence-electron chi connectivity index (χ2n) is 5.58. The van der Waals surface area contributed by atoms with E-state index in [1.54, 1.807) is 11.6 Å². The van der Waals surface area contributed by atoms with E-state index in [0.29, 0.717) is 28.6 Å². The van der Waals surface area contributed by atoms with Gasteiger partial charge in [-0.3, -0.25) is 14.3 Å². The molecule has 2 N–H and O–H groups in total. The molecular weight excluding hydrogens is 364 g/mol. The number of rotatable bonds is 6. The summed E-state index contributed by atoms with van der Waals surface area (Å²) in [5, 5.41) is 10.3. The van der Waals surface area contributed by atoms with E-state index in [9.17, 15) is 14.7 Å². The Kier molecular flexibility index (Phi) is 5.31. The van der Waals surface area contributed by atoms with Crippen LogP contribution in [-0.2, 0) is 13.6 Å². The predicted octanol–water partition coefficient (Wildman–Crippen LogP) is 1.16. The Bertz CT molecular complexity index is 996. The average Bonchev–Trinajstić information content (AvgIpc) is 2.97. The third-order valence-electron chi connectivity index (χ3n) is 3.74. The van der Waals surface area contributed by atoms with Crippen LogP contribution in [0.25, 0.3) is 11.2 Å². The number of alkyl halides is 1. The predicted molar refractivity (Wildman–Crippen MR) is 98.6 cm³/mol. The largest absolute Gasteiger partial charge is 0.391 e. The van der Waals surface area contributed by atoms with Gasteiger partial charge in [-0.05, 0) is 5.56 Å². The maximum absolute atomic E-state index is 12.4. The molecule has 0 fully saturated rings. The number of H-pyrrole nitrogens is 1. The van der Waals surface area contributed by atoms with Crippen molar-refractivity contribution in [3.63, 3.8) is 0 Å². The smallest absolute Gasteiger partial charge is 0.329 e. The summed E-state index contributed by atoms with van der Waals surface area (Å²) in [5.74, 6) is 0.457. The zero-order valence-electron chi connectivity index (χ0n) is 13.5. The van der Waals surface area contributed by atoms with E-state index in [1.165, 1.54) is 16.3 Å². The van der Waals surface area contributed by atoms with Crippen LogP contribution in [0.2, 0.25) is 0 Å². The summed E-state index contributed by atoms with van der Waals surface area (Å²) >= 11 is 6.94. The van der Waals surface area contributed by atoms with Crippen LogP contribution in [0, 0.1) is 0 Å². The highest BCUT2D eigenvalue weighted by Gasteiger charge is 2.18. The number of nitrogens with zero attached hydrogens (tertiary/aromatic N) is 3.